The van der Waals surface area contributed by atoms with Gasteiger partial charge in [0.05, 0.1) is 24.7 Å². The first-order chi connectivity index (χ1) is 8.12. The number of thioether (sulfide) groups is 1. The molecule has 0 aliphatic carbocycles. The van der Waals surface area contributed by atoms with E-state index in [9.17, 15) is 4.79 Å². The molecule has 0 fully saturated rings. The Morgan fingerprint density at radius 2 is 1.94 bits per heavy atom. The molecule has 4 nitrogen and oxygen atoms in total. The van der Waals surface area contributed by atoms with Crippen molar-refractivity contribution >= 4 is 17.7 Å². The second-order valence-electron chi connectivity index (χ2n) is 2.96. The van der Waals surface area contributed by atoms with Gasteiger partial charge < -0.3 is 14.6 Å². The van der Waals surface area contributed by atoms with Crippen LogP contribution in [0.15, 0.2) is 17.0 Å². The quantitative estimate of drug-likeness (QED) is 0.657. The van der Waals surface area contributed by atoms with Gasteiger partial charge in [-0.3, -0.25) is 0 Å². The summed E-state index contributed by atoms with van der Waals surface area (Å²) in [5, 5.41) is 8.52. The minimum Gasteiger partial charge on any atom is -0.496 e. The lowest BCUT2D eigenvalue weighted by Gasteiger charge is -2.10. The summed E-state index contributed by atoms with van der Waals surface area (Å²) in [4.78, 5) is 11.3. The first-order valence-electron chi connectivity index (χ1n) is 4.67. The molecule has 1 aromatic carbocycles. The van der Waals surface area contributed by atoms with E-state index in [1.165, 1.54) is 18.9 Å². The molecule has 1 N–H and O–H groups in total. The van der Waals surface area contributed by atoms with Crippen molar-refractivity contribution in [2.75, 3.05) is 20.5 Å². The summed E-state index contributed by atoms with van der Waals surface area (Å²) in [5.74, 6) is 4.57. The number of methoxy groups -OCH3 is 2. The van der Waals surface area contributed by atoms with Crippen LogP contribution in [0.4, 0.5) is 0 Å². The van der Waals surface area contributed by atoms with Gasteiger partial charge in [-0.2, -0.15) is 0 Å². The summed E-state index contributed by atoms with van der Waals surface area (Å²) in [7, 11) is 3.06. The maximum absolute atomic E-state index is 10.4. The smallest absolute Gasteiger partial charge is 0.382 e. The van der Waals surface area contributed by atoms with Crippen LogP contribution in [0.2, 0.25) is 0 Å². The molecule has 0 unspecified atom stereocenters. The second kappa shape index (κ2) is 6.06. The molecule has 0 radical (unpaired) electrons. The van der Waals surface area contributed by atoms with Crippen molar-refractivity contribution in [3.8, 4) is 23.3 Å². The van der Waals surface area contributed by atoms with Crippen molar-refractivity contribution in [2.24, 2.45) is 0 Å². The highest BCUT2D eigenvalue weighted by Crippen LogP contribution is 2.34. The normalized spacial score (nSPS) is 9.12. The SMILES string of the molecule is COc1cc(SC)c(OC)cc1C#CC(=O)O. The Balaban J connectivity index is 3.30. The van der Waals surface area contributed by atoms with Crippen LogP contribution < -0.4 is 9.47 Å². The lowest BCUT2D eigenvalue weighted by Crippen LogP contribution is -1.94. The second-order valence-corrected chi connectivity index (χ2v) is 3.81. The highest BCUT2D eigenvalue weighted by Gasteiger charge is 2.09. The highest BCUT2D eigenvalue weighted by molar-refractivity contribution is 7.98. The first kappa shape index (κ1) is 13.3. The van der Waals surface area contributed by atoms with E-state index in [2.05, 4.69) is 5.92 Å². The summed E-state index contributed by atoms with van der Waals surface area (Å²) in [6.45, 7) is 0. The van der Waals surface area contributed by atoms with Crippen LogP contribution in [0.5, 0.6) is 11.5 Å². The third-order valence-corrected chi connectivity index (χ3v) is 2.77. The molecular weight excluding hydrogens is 240 g/mol. The molecular formula is C12H12O4S. The highest BCUT2D eigenvalue weighted by atomic mass is 32.2. The van der Waals surface area contributed by atoms with E-state index in [0.717, 1.165) is 4.90 Å². The maximum Gasteiger partial charge on any atom is 0.382 e. The Morgan fingerprint density at radius 3 is 2.41 bits per heavy atom. The van der Waals surface area contributed by atoms with Crippen LogP contribution in [0, 0.1) is 11.8 Å². The number of ether oxygens (including phenoxy) is 2. The van der Waals surface area contributed by atoms with Gasteiger partial charge in [0, 0.05) is 12.0 Å². The predicted octanol–water partition coefficient (Wildman–Crippen LogP) is 1.86. The van der Waals surface area contributed by atoms with E-state index in [1.54, 1.807) is 19.2 Å². The minimum absolute atomic E-state index is 0.490. The number of carbonyl (C=O) groups is 1. The number of carboxylic acid groups (broad SMARTS) is 1. The van der Waals surface area contributed by atoms with Crippen LogP contribution in [0.1, 0.15) is 5.56 Å². The summed E-state index contributed by atoms with van der Waals surface area (Å²) in [6.07, 6.45) is 1.92. The molecule has 0 saturated carbocycles. The molecule has 0 spiro atoms. The fraction of sp³-hybridized carbons (Fsp3) is 0.250. The lowest BCUT2D eigenvalue weighted by molar-refractivity contribution is -0.130. The van der Waals surface area contributed by atoms with E-state index >= 15 is 0 Å². The number of hydrogen-bond donors (Lipinski definition) is 1. The molecule has 0 amide bonds. The average molecular weight is 252 g/mol. The summed E-state index contributed by atoms with van der Waals surface area (Å²) in [5.41, 5.74) is 0.490. The number of aliphatic carboxylic acids is 1. The van der Waals surface area contributed by atoms with Crippen molar-refractivity contribution in [3.63, 3.8) is 0 Å². The molecule has 5 heteroatoms. The molecule has 1 aromatic rings. The molecule has 1 rings (SSSR count). The van der Waals surface area contributed by atoms with E-state index in [-0.39, 0.29) is 0 Å². The van der Waals surface area contributed by atoms with Gasteiger partial charge >= 0.3 is 5.97 Å². The Bertz CT molecular complexity index is 485. The number of benzene rings is 1. The van der Waals surface area contributed by atoms with Gasteiger partial charge in [-0.15, -0.1) is 11.8 Å². The Labute approximate surface area is 104 Å². The van der Waals surface area contributed by atoms with Crippen LogP contribution in [0.3, 0.4) is 0 Å². The summed E-state index contributed by atoms with van der Waals surface area (Å²) >= 11 is 1.51. The molecule has 0 aromatic heterocycles. The van der Waals surface area contributed by atoms with E-state index in [4.69, 9.17) is 14.6 Å². The van der Waals surface area contributed by atoms with Gasteiger partial charge in [0.25, 0.3) is 0 Å². The van der Waals surface area contributed by atoms with Crippen LogP contribution in [-0.4, -0.2) is 31.6 Å². The minimum atomic E-state index is -1.18. The molecule has 0 heterocycles. The molecule has 0 bridgehead atoms. The van der Waals surface area contributed by atoms with E-state index in [1.807, 2.05) is 12.2 Å². The lowest BCUT2D eigenvalue weighted by atomic mass is 10.2. The van der Waals surface area contributed by atoms with Crippen molar-refractivity contribution in [3.05, 3.63) is 17.7 Å². The maximum atomic E-state index is 10.4. The zero-order chi connectivity index (χ0) is 12.8. The van der Waals surface area contributed by atoms with E-state index < -0.39 is 5.97 Å². The van der Waals surface area contributed by atoms with Gasteiger partial charge in [-0.1, -0.05) is 5.92 Å². The van der Waals surface area contributed by atoms with Crippen molar-refractivity contribution in [1.29, 1.82) is 0 Å². The largest absolute Gasteiger partial charge is 0.496 e. The van der Waals surface area contributed by atoms with Gasteiger partial charge in [-0.05, 0) is 12.3 Å². The predicted molar refractivity (Wildman–Crippen MR) is 65.8 cm³/mol. The fourth-order valence-electron chi connectivity index (χ4n) is 1.25. The van der Waals surface area contributed by atoms with Crippen LogP contribution >= 0.6 is 11.8 Å². The molecule has 0 aliphatic rings. The number of rotatable bonds is 3. The Kier molecular flexibility index (Phi) is 4.73. The Morgan fingerprint density at radius 1 is 1.29 bits per heavy atom. The number of carboxylic acids is 1. The standard InChI is InChI=1S/C12H12O4S/c1-15-9-7-11(17-3)10(16-2)6-8(9)4-5-12(13)14/h6-7H,1-3H3,(H,13,14). The van der Waals surface area contributed by atoms with Crippen molar-refractivity contribution in [2.45, 2.75) is 4.90 Å². The van der Waals surface area contributed by atoms with Gasteiger partial charge in [0.1, 0.15) is 11.5 Å². The summed E-state index contributed by atoms with van der Waals surface area (Å²) < 4.78 is 10.3. The fourth-order valence-corrected chi connectivity index (χ4v) is 1.82. The molecule has 90 valence electrons. The van der Waals surface area contributed by atoms with Crippen molar-refractivity contribution < 1.29 is 19.4 Å². The zero-order valence-corrected chi connectivity index (χ0v) is 10.6. The monoisotopic (exact) mass is 252 g/mol. The molecule has 0 atom stereocenters. The number of hydrogen-bond acceptors (Lipinski definition) is 4. The van der Waals surface area contributed by atoms with Crippen LogP contribution in [-0.2, 0) is 4.79 Å². The van der Waals surface area contributed by atoms with Gasteiger partial charge in [0.15, 0.2) is 0 Å². The van der Waals surface area contributed by atoms with Gasteiger partial charge in [-0.25, -0.2) is 4.79 Å². The average Bonchev–Trinajstić information content (AvgIpc) is 2.34. The molecule has 0 saturated heterocycles. The van der Waals surface area contributed by atoms with Gasteiger partial charge in [0.2, 0.25) is 0 Å². The topological polar surface area (TPSA) is 55.8 Å². The molecule has 0 aliphatic heterocycles. The third kappa shape index (κ3) is 3.33. The third-order valence-electron chi connectivity index (χ3n) is 2.01. The van der Waals surface area contributed by atoms with E-state index in [0.29, 0.717) is 17.1 Å². The summed E-state index contributed by atoms with van der Waals surface area (Å²) in [6, 6.07) is 3.44. The van der Waals surface area contributed by atoms with Crippen LogP contribution in [0.25, 0.3) is 0 Å². The zero-order valence-electron chi connectivity index (χ0n) is 9.73. The Hall–Kier alpha value is -1.80. The van der Waals surface area contributed by atoms with Crippen molar-refractivity contribution in [1.82, 2.24) is 0 Å². The molecule has 17 heavy (non-hydrogen) atoms. The first-order valence-corrected chi connectivity index (χ1v) is 5.89.